The lowest BCUT2D eigenvalue weighted by molar-refractivity contribution is 0.493. The molecule has 3 aromatic heterocycles. The van der Waals surface area contributed by atoms with Crippen molar-refractivity contribution >= 4 is 16.8 Å². The highest BCUT2D eigenvalue weighted by Gasteiger charge is 2.30. The summed E-state index contributed by atoms with van der Waals surface area (Å²) in [5.41, 5.74) is 3.43. The minimum Gasteiger partial charge on any atom is -0.316 e. The average Bonchev–Trinajstić information content (AvgIpc) is 3.22. The summed E-state index contributed by atoms with van der Waals surface area (Å²) in [5, 5.41) is 6.43. The third kappa shape index (κ3) is 1.70. The predicted octanol–water partition coefficient (Wildman–Crippen LogP) is 1.93. The minimum absolute atomic E-state index is 0.433. The molecule has 1 fully saturated rings. The molecule has 108 valence electrons. The lowest BCUT2D eigenvalue weighted by Gasteiger charge is -2.16. The van der Waals surface area contributed by atoms with E-state index >= 15 is 0 Å². The second-order valence-electron chi connectivity index (χ2n) is 5.52. The Balaban J connectivity index is 1.97. The van der Waals surface area contributed by atoms with Gasteiger partial charge in [0.25, 0.3) is 0 Å². The van der Waals surface area contributed by atoms with Gasteiger partial charge in [-0.05, 0) is 18.5 Å². The number of fused-ring (bicyclic) bond motifs is 3. The number of nitroso groups, excluding NO2 is 1. The SMILES string of the molecule is CC[C@@H]1CNC[C@@H]1c1cnc2cnc3c(ccn3N=O)n12. The molecule has 0 saturated carbocycles. The van der Waals surface area contributed by atoms with Gasteiger partial charge in [-0.25, -0.2) is 9.97 Å². The Kier molecular flexibility index (Phi) is 2.75. The van der Waals surface area contributed by atoms with Crippen molar-refractivity contribution in [2.45, 2.75) is 19.3 Å². The second-order valence-corrected chi connectivity index (χ2v) is 5.52. The van der Waals surface area contributed by atoms with Crippen LogP contribution in [0.4, 0.5) is 0 Å². The fraction of sp³-hybridized carbons (Fsp3) is 0.429. The van der Waals surface area contributed by atoms with E-state index in [2.05, 4.69) is 31.9 Å². The Hall–Kier alpha value is -2.28. The second kappa shape index (κ2) is 4.63. The summed E-state index contributed by atoms with van der Waals surface area (Å²) in [6, 6.07) is 1.87. The van der Waals surface area contributed by atoms with Gasteiger partial charge >= 0.3 is 0 Å². The number of rotatable bonds is 3. The topological polar surface area (TPSA) is 76.6 Å². The molecule has 0 bridgehead atoms. The summed E-state index contributed by atoms with van der Waals surface area (Å²) in [5.74, 6) is 1.04. The van der Waals surface area contributed by atoms with Gasteiger partial charge in [-0.15, -0.1) is 4.91 Å². The van der Waals surface area contributed by atoms with Gasteiger partial charge in [0.15, 0.2) is 11.3 Å². The Labute approximate surface area is 120 Å². The molecule has 0 spiro atoms. The zero-order valence-electron chi connectivity index (χ0n) is 11.7. The quantitative estimate of drug-likeness (QED) is 0.745. The van der Waals surface area contributed by atoms with Crippen LogP contribution in [0.5, 0.6) is 0 Å². The molecular formula is C14H16N6O. The van der Waals surface area contributed by atoms with E-state index in [0.29, 0.717) is 17.5 Å². The lowest BCUT2D eigenvalue weighted by atomic mass is 9.91. The summed E-state index contributed by atoms with van der Waals surface area (Å²) in [6.45, 7) is 4.22. The van der Waals surface area contributed by atoms with Crippen LogP contribution < -0.4 is 5.32 Å². The molecule has 1 aliphatic heterocycles. The van der Waals surface area contributed by atoms with Crippen LogP contribution >= 0.6 is 0 Å². The molecule has 4 rings (SSSR count). The van der Waals surface area contributed by atoms with Crippen molar-refractivity contribution in [2.24, 2.45) is 11.2 Å². The van der Waals surface area contributed by atoms with Gasteiger partial charge in [0, 0.05) is 30.6 Å². The number of imidazole rings is 1. The average molecular weight is 284 g/mol. The first-order chi connectivity index (χ1) is 10.3. The van der Waals surface area contributed by atoms with E-state index in [-0.39, 0.29) is 0 Å². The Bertz CT molecular complexity index is 819. The lowest BCUT2D eigenvalue weighted by Crippen LogP contribution is -2.12. The van der Waals surface area contributed by atoms with Crippen LogP contribution in [0.25, 0.3) is 16.8 Å². The molecule has 21 heavy (non-hydrogen) atoms. The van der Waals surface area contributed by atoms with Gasteiger partial charge < -0.3 is 5.32 Å². The van der Waals surface area contributed by atoms with Crippen molar-refractivity contribution in [1.82, 2.24) is 24.4 Å². The molecule has 0 aromatic carbocycles. The highest BCUT2D eigenvalue weighted by molar-refractivity contribution is 5.75. The largest absolute Gasteiger partial charge is 0.316 e. The van der Waals surface area contributed by atoms with Gasteiger partial charge in [0.1, 0.15) is 0 Å². The van der Waals surface area contributed by atoms with E-state index in [4.69, 9.17) is 0 Å². The van der Waals surface area contributed by atoms with Crippen LogP contribution in [0.3, 0.4) is 0 Å². The molecule has 0 unspecified atom stereocenters. The van der Waals surface area contributed by atoms with E-state index < -0.39 is 0 Å². The maximum Gasteiger partial charge on any atom is 0.181 e. The van der Waals surface area contributed by atoms with Gasteiger partial charge in [-0.1, -0.05) is 13.3 Å². The van der Waals surface area contributed by atoms with Crippen LogP contribution in [0.2, 0.25) is 0 Å². The maximum atomic E-state index is 10.8. The Morgan fingerprint density at radius 2 is 2.29 bits per heavy atom. The molecule has 7 heteroatoms. The summed E-state index contributed by atoms with van der Waals surface area (Å²) in [7, 11) is 0. The first kappa shape index (κ1) is 12.5. The molecular weight excluding hydrogens is 268 g/mol. The van der Waals surface area contributed by atoms with Crippen LogP contribution in [0.15, 0.2) is 29.9 Å². The molecule has 1 aliphatic rings. The number of hydrogen-bond acceptors (Lipinski definition) is 5. The Morgan fingerprint density at radius 1 is 1.38 bits per heavy atom. The normalized spacial score (nSPS) is 22.3. The molecule has 0 radical (unpaired) electrons. The first-order valence-electron chi connectivity index (χ1n) is 7.21. The summed E-state index contributed by atoms with van der Waals surface area (Å²) < 4.78 is 3.35. The van der Waals surface area contributed by atoms with Crippen molar-refractivity contribution in [2.75, 3.05) is 13.1 Å². The number of hydrogen-bond donors (Lipinski definition) is 1. The highest BCUT2D eigenvalue weighted by Crippen LogP contribution is 2.32. The van der Waals surface area contributed by atoms with Crippen molar-refractivity contribution in [3.8, 4) is 0 Å². The van der Waals surface area contributed by atoms with Crippen LogP contribution in [0, 0.1) is 10.8 Å². The van der Waals surface area contributed by atoms with E-state index in [1.165, 1.54) is 10.4 Å². The predicted molar refractivity (Wildman–Crippen MR) is 79.1 cm³/mol. The maximum absolute atomic E-state index is 10.8. The van der Waals surface area contributed by atoms with E-state index in [1.807, 2.05) is 12.3 Å². The van der Waals surface area contributed by atoms with Crippen LogP contribution in [-0.4, -0.2) is 32.1 Å². The highest BCUT2D eigenvalue weighted by atomic mass is 16.3. The van der Waals surface area contributed by atoms with Gasteiger partial charge in [-0.2, -0.15) is 4.68 Å². The molecule has 4 heterocycles. The molecule has 0 amide bonds. The molecule has 1 saturated heterocycles. The number of aromatic nitrogens is 4. The van der Waals surface area contributed by atoms with Crippen molar-refractivity contribution in [3.05, 3.63) is 35.3 Å². The van der Waals surface area contributed by atoms with Gasteiger partial charge in [0.2, 0.25) is 0 Å². The van der Waals surface area contributed by atoms with E-state index in [1.54, 1.807) is 12.4 Å². The van der Waals surface area contributed by atoms with Crippen molar-refractivity contribution < 1.29 is 0 Å². The smallest absolute Gasteiger partial charge is 0.181 e. The third-order valence-electron chi connectivity index (χ3n) is 4.51. The first-order valence-corrected chi connectivity index (χ1v) is 7.21. The molecule has 1 N–H and O–H groups in total. The van der Waals surface area contributed by atoms with E-state index in [9.17, 15) is 4.91 Å². The van der Waals surface area contributed by atoms with Crippen LogP contribution in [-0.2, 0) is 0 Å². The number of nitrogens with zero attached hydrogens (tertiary/aromatic N) is 5. The standard InChI is InChI=1S/C14H16N6O/c1-2-9-5-15-6-10(9)12-7-16-13-8-17-14-11(20(12)13)3-4-19(14)18-21/h3-4,7-10,15H,2,5-6H2,1H3/t9-,10+/m1/s1. The fourth-order valence-corrected chi connectivity index (χ4v) is 3.39. The van der Waals surface area contributed by atoms with E-state index in [0.717, 1.165) is 30.7 Å². The monoisotopic (exact) mass is 284 g/mol. The molecule has 0 aliphatic carbocycles. The summed E-state index contributed by atoms with van der Waals surface area (Å²) in [6.07, 6.45) is 6.40. The van der Waals surface area contributed by atoms with Gasteiger partial charge in [-0.3, -0.25) is 4.40 Å². The van der Waals surface area contributed by atoms with Gasteiger partial charge in [0.05, 0.1) is 17.0 Å². The van der Waals surface area contributed by atoms with Crippen molar-refractivity contribution in [1.29, 1.82) is 0 Å². The minimum atomic E-state index is 0.433. The van der Waals surface area contributed by atoms with Crippen molar-refractivity contribution in [3.63, 3.8) is 0 Å². The summed E-state index contributed by atoms with van der Waals surface area (Å²) in [4.78, 5) is 19.6. The molecule has 7 nitrogen and oxygen atoms in total. The zero-order chi connectivity index (χ0) is 14.4. The molecule has 3 aromatic rings. The fourth-order valence-electron chi connectivity index (χ4n) is 3.39. The Morgan fingerprint density at radius 3 is 3.10 bits per heavy atom. The third-order valence-corrected chi connectivity index (χ3v) is 4.51. The number of nitrogens with one attached hydrogen (secondary N) is 1. The van der Waals surface area contributed by atoms with Crippen LogP contribution in [0.1, 0.15) is 25.0 Å². The summed E-state index contributed by atoms with van der Waals surface area (Å²) >= 11 is 0. The zero-order valence-corrected chi connectivity index (χ0v) is 11.7. The molecule has 2 atom stereocenters.